The first kappa shape index (κ1) is 27.0. The van der Waals surface area contributed by atoms with Gasteiger partial charge in [0.25, 0.3) is 0 Å². The molecule has 10 heteroatoms. The van der Waals surface area contributed by atoms with Crippen molar-refractivity contribution in [2.75, 3.05) is 0 Å². The average molecular weight is 589 g/mol. The molecule has 5 N–H and O–H groups in total. The molecule has 1 aromatic carbocycles. The molecule has 1 saturated carbocycles. The molecule has 0 aliphatic heterocycles. The minimum atomic E-state index is -1.58. The third-order valence-corrected chi connectivity index (χ3v) is 4.30. The van der Waals surface area contributed by atoms with Crippen molar-refractivity contribution < 1.29 is 50.4 Å². The number of benzene rings is 1. The van der Waals surface area contributed by atoms with Gasteiger partial charge in [0.2, 0.25) is 0 Å². The van der Waals surface area contributed by atoms with Gasteiger partial charge in [0, 0.05) is 18.1 Å². The van der Waals surface area contributed by atoms with Gasteiger partial charge in [-0.3, -0.25) is 0 Å². The van der Waals surface area contributed by atoms with E-state index in [9.17, 15) is 24.6 Å². The van der Waals surface area contributed by atoms with Crippen LogP contribution in [0.15, 0.2) is 30.3 Å². The largest absolute Gasteiger partial charge is 2.00 e. The van der Waals surface area contributed by atoms with Crippen molar-refractivity contribution in [3.05, 3.63) is 35.9 Å². The summed E-state index contributed by atoms with van der Waals surface area (Å²) in [7, 11) is 0. The number of amides is 1. The van der Waals surface area contributed by atoms with Gasteiger partial charge in [0.1, 0.15) is 6.61 Å². The number of ether oxygens (including phenoxy) is 1. The summed E-state index contributed by atoms with van der Waals surface area (Å²) >= 11 is 0. The molecule has 0 saturated heterocycles. The second-order valence-corrected chi connectivity index (χ2v) is 6.60. The van der Waals surface area contributed by atoms with Crippen molar-refractivity contribution in [2.45, 2.75) is 63.3 Å². The normalized spacial score (nSPS) is 18.8. The second kappa shape index (κ2) is 15.0. The van der Waals surface area contributed by atoms with Gasteiger partial charge >= 0.3 is 27.2 Å². The van der Waals surface area contributed by atoms with Crippen LogP contribution in [0.4, 0.5) is 4.79 Å². The maximum atomic E-state index is 11.4. The van der Waals surface area contributed by atoms with Gasteiger partial charge < -0.3 is 41.3 Å². The zero-order chi connectivity index (χ0) is 20.9. The van der Waals surface area contributed by atoms with E-state index in [1.807, 2.05) is 5.32 Å². The molecular weight excluding hydrogens is 561 g/mol. The molecule has 3 atom stereocenters. The summed E-state index contributed by atoms with van der Waals surface area (Å²) in [5, 5.41) is 23.0. The summed E-state index contributed by atoms with van der Waals surface area (Å²) in [6, 6.07) is 7.93. The molecule has 1 aromatic rings. The van der Waals surface area contributed by atoms with Crippen molar-refractivity contribution in [2.24, 2.45) is 11.5 Å². The summed E-state index contributed by atoms with van der Waals surface area (Å²) in [6.07, 6.45) is 3.01. The number of alkyl carbamates (subject to hydrolysis) is 1. The van der Waals surface area contributed by atoms with E-state index in [4.69, 9.17) is 16.2 Å². The van der Waals surface area contributed by atoms with Crippen LogP contribution in [-0.4, -0.2) is 36.2 Å². The number of carbonyl (C=O) groups is 3. The smallest absolute Gasteiger partial charge is 0.550 e. The van der Waals surface area contributed by atoms with Crippen molar-refractivity contribution in [3.8, 4) is 0 Å². The Kier molecular flexibility index (Phi) is 13.9. The van der Waals surface area contributed by atoms with Gasteiger partial charge in [0.15, 0.2) is 0 Å². The SMILES string of the molecule is N[C@@H]1CCCC[C@H]1N.O=C([O-])CCC(NC(=O)OCc1ccccc1)C(=O)[O-].[Pt+2]. The first-order chi connectivity index (χ1) is 13.3. The summed E-state index contributed by atoms with van der Waals surface area (Å²) in [6.45, 7) is -0.0209. The number of aliphatic carboxylic acids is 2. The predicted octanol–water partition coefficient (Wildman–Crippen LogP) is -1.23. The van der Waals surface area contributed by atoms with E-state index >= 15 is 0 Å². The molecule has 1 amide bonds. The molecule has 1 aliphatic rings. The van der Waals surface area contributed by atoms with Crippen LogP contribution >= 0.6 is 0 Å². The van der Waals surface area contributed by atoms with E-state index in [-0.39, 0.29) is 46.2 Å². The third kappa shape index (κ3) is 12.3. The van der Waals surface area contributed by atoms with E-state index in [0.29, 0.717) is 0 Å². The van der Waals surface area contributed by atoms with Crippen molar-refractivity contribution in [3.63, 3.8) is 0 Å². The van der Waals surface area contributed by atoms with Crippen LogP contribution in [0.3, 0.4) is 0 Å². The molecule has 1 unspecified atom stereocenters. The van der Waals surface area contributed by atoms with E-state index in [1.54, 1.807) is 30.3 Å². The molecule has 1 aliphatic carbocycles. The summed E-state index contributed by atoms with van der Waals surface area (Å²) < 4.78 is 4.81. The number of carboxylic acid groups (broad SMARTS) is 2. The third-order valence-electron chi connectivity index (χ3n) is 4.30. The molecular formula is C19H27N3O6Pt. The zero-order valence-electron chi connectivity index (χ0n) is 16.0. The van der Waals surface area contributed by atoms with Crippen LogP contribution in [0.1, 0.15) is 44.1 Å². The molecule has 0 heterocycles. The minimum Gasteiger partial charge on any atom is -0.550 e. The fourth-order valence-corrected chi connectivity index (χ4v) is 2.61. The second-order valence-electron chi connectivity index (χ2n) is 6.60. The Morgan fingerprint density at radius 2 is 1.62 bits per heavy atom. The number of nitrogens with two attached hydrogens (primary N) is 2. The van der Waals surface area contributed by atoms with E-state index < -0.39 is 30.5 Å². The Labute approximate surface area is 184 Å². The number of carboxylic acids is 2. The zero-order valence-corrected chi connectivity index (χ0v) is 18.3. The van der Waals surface area contributed by atoms with Crippen molar-refractivity contribution in [1.82, 2.24) is 5.32 Å². The molecule has 0 bridgehead atoms. The van der Waals surface area contributed by atoms with Gasteiger partial charge in [-0.15, -0.1) is 0 Å². The first-order valence-corrected chi connectivity index (χ1v) is 9.18. The van der Waals surface area contributed by atoms with Gasteiger partial charge in [-0.1, -0.05) is 43.2 Å². The number of nitrogens with one attached hydrogen (secondary N) is 1. The van der Waals surface area contributed by atoms with Crippen LogP contribution in [0.25, 0.3) is 0 Å². The Hall–Kier alpha value is -1.96. The fraction of sp³-hybridized carbons (Fsp3) is 0.526. The van der Waals surface area contributed by atoms with Crippen LogP contribution in [0.2, 0.25) is 0 Å². The van der Waals surface area contributed by atoms with E-state index in [1.165, 1.54) is 12.8 Å². The van der Waals surface area contributed by atoms with Gasteiger partial charge in [-0.2, -0.15) is 0 Å². The number of rotatable bonds is 7. The molecule has 164 valence electrons. The Morgan fingerprint density at radius 1 is 1.07 bits per heavy atom. The molecule has 2 rings (SSSR count). The predicted molar refractivity (Wildman–Crippen MR) is 97.2 cm³/mol. The minimum absolute atomic E-state index is 0. The molecule has 29 heavy (non-hydrogen) atoms. The number of carbonyl (C=O) groups excluding carboxylic acids is 3. The molecule has 0 radical (unpaired) electrons. The monoisotopic (exact) mass is 588 g/mol. The maximum Gasteiger partial charge on any atom is 2.00 e. The number of hydrogen-bond acceptors (Lipinski definition) is 8. The van der Waals surface area contributed by atoms with Gasteiger partial charge in [-0.05, 0) is 31.2 Å². The van der Waals surface area contributed by atoms with E-state index in [2.05, 4.69) is 0 Å². The molecule has 1 fully saturated rings. The van der Waals surface area contributed by atoms with Crippen LogP contribution < -0.4 is 27.0 Å². The maximum absolute atomic E-state index is 11.4. The fourth-order valence-electron chi connectivity index (χ4n) is 2.61. The van der Waals surface area contributed by atoms with Crippen LogP contribution in [0, 0.1) is 0 Å². The van der Waals surface area contributed by atoms with Crippen LogP contribution in [-0.2, 0) is 42.0 Å². The van der Waals surface area contributed by atoms with Crippen molar-refractivity contribution in [1.29, 1.82) is 0 Å². The van der Waals surface area contributed by atoms with Crippen LogP contribution in [0.5, 0.6) is 0 Å². The Balaban J connectivity index is 0.000000729. The quantitative estimate of drug-likeness (QED) is 0.356. The molecule has 0 aromatic heterocycles. The Morgan fingerprint density at radius 3 is 2.07 bits per heavy atom. The summed E-state index contributed by atoms with van der Waals surface area (Å²) in [5.41, 5.74) is 12.0. The van der Waals surface area contributed by atoms with E-state index in [0.717, 1.165) is 18.4 Å². The van der Waals surface area contributed by atoms with Gasteiger partial charge in [-0.25, -0.2) is 4.79 Å². The summed E-state index contributed by atoms with van der Waals surface area (Å²) in [4.78, 5) is 32.4. The molecule has 9 nitrogen and oxygen atoms in total. The van der Waals surface area contributed by atoms with Gasteiger partial charge in [0.05, 0.1) is 12.0 Å². The molecule has 0 spiro atoms. The number of hydrogen-bond donors (Lipinski definition) is 3. The first-order valence-electron chi connectivity index (χ1n) is 9.18. The topological polar surface area (TPSA) is 171 Å². The Bertz CT molecular complexity index is 622. The standard InChI is InChI=1S/C13H15NO6.C6H14N2.Pt/c15-11(16)7-6-10(12(17)18)14-13(19)20-8-9-4-2-1-3-5-9;7-5-3-1-2-4-6(5)8;/h1-5,10H,6-8H2,(H,14,19)(H,15,16)(H,17,18);5-6H,1-4,7-8H2;/q;;+2/p-2/t;5-,6-;/m.1./s1. The van der Waals surface area contributed by atoms with Crippen molar-refractivity contribution >= 4 is 18.0 Å². The summed E-state index contributed by atoms with van der Waals surface area (Å²) in [5.74, 6) is -2.99. The average Bonchev–Trinajstić information content (AvgIpc) is 2.67.